The third-order valence-electron chi connectivity index (χ3n) is 9.76. The average molecular weight is 761 g/mol. The number of likely N-dealkylation sites (N-methyl/N-ethyl adjacent to an activating group) is 1. The van der Waals surface area contributed by atoms with Gasteiger partial charge < -0.3 is 30.7 Å². The number of amides is 4. The number of nitrogens with zero attached hydrogens (tertiary/aromatic N) is 3. The van der Waals surface area contributed by atoms with Crippen LogP contribution in [0.1, 0.15) is 62.0 Å². The molecule has 4 N–H and O–H groups in total. The van der Waals surface area contributed by atoms with Crippen molar-refractivity contribution in [1.82, 2.24) is 25.2 Å². The molecule has 0 saturated carbocycles. The first-order valence-corrected chi connectivity index (χ1v) is 20.2. The van der Waals surface area contributed by atoms with Gasteiger partial charge >= 0.3 is 12.1 Å². The number of aliphatic imine (C=N–C) groups is 1. The summed E-state index contributed by atoms with van der Waals surface area (Å²) in [6.45, 7) is 4.29. The maximum absolute atomic E-state index is 14.1. The molecule has 0 spiro atoms. The van der Waals surface area contributed by atoms with E-state index in [1.807, 2.05) is 80.1 Å². The summed E-state index contributed by atoms with van der Waals surface area (Å²) < 4.78 is 9.50. The standard InChI is InChI=1S/C40H52N6O5S2/c1-28(2)36(45-38(49)46(3)25-40(26-52-27-41-40)31-17-11-6-12-18-31)37(48)43-32(21-29-13-7-4-8-14-29)23-35(47)34(22-30-15-9-5-10-16-30)44-39(50)51-24-33-19-20-42-53-33/h4-5,7-10,13-17,19-20,27-28,32,34-36,47H,6,11-12,18,21-26H2,1-3H3,(H,43,48)(H,44,50)(H,45,49)/t32-,34-,35-,36-,40?/m0/s1. The van der Waals surface area contributed by atoms with Crippen molar-refractivity contribution in [2.24, 2.45) is 10.9 Å². The van der Waals surface area contributed by atoms with Crippen LogP contribution in [-0.2, 0) is 29.0 Å². The summed E-state index contributed by atoms with van der Waals surface area (Å²) in [5, 5.41) is 20.8. The predicted molar refractivity (Wildman–Crippen MR) is 212 cm³/mol. The zero-order chi connectivity index (χ0) is 37.6. The Morgan fingerprint density at radius 2 is 1.68 bits per heavy atom. The van der Waals surface area contributed by atoms with Crippen molar-refractivity contribution in [3.8, 4) is 0 Å². The van der Waals surface area contributed by atoms with Crippen LogP contribution < -0.4 is 16.0 Å². The number of urea groups is 1. The summed E-state index contributed by atoms with van der Waals surface area (Å²) in [5.41, 5.74) is 4.64. The van der Waals surface area contributed by atoms with Gasteiger partial charge in [0.25, 0.3) is 0 Å². The molecule has 13 heteroatoms. The van der Waals surface area contributed by atoms with Crippen molar-refractivity contribution < 1.29 is 24.2 Å². The van der Waals surface area contributed by atoms with E-state index in [-0.39, 0.29) is 30.9 Å². The largest absolute Gasteiger partial charge is 0.444 e. The molecule has 0 radical (unpaired) electrons. The molecule has 0 saturated heterocycles. The van der Waals surface area contributed by atoms with Crippen LogP contribution in [-0.4, -0.2) is 87.1 Å². The lowest BCUT2D eigenvalue weighted by atomic mass is 9.84. The highest BCUT2D eigenvalue weighted by atomic mass is 32.2. The van der Waals surface area contributed by atoms with Gasteiger partial charge in [-0.3, -0.25) is 9.79 Å². The van der Waals surface area contributed by atoms with E-state index in [9.17, 15) is 19.5 Å². The molecule has 1 aliphatic heterocycles. The lowest BCUT2D eigenvalue weighted by molar-refractivity contribution is -0.124. The molecule has 2 heterocycles. The van der Waals surface area contributed by atoms with E-state index >= 15 is 0 Å². The number of allylic oxidation sites excluding steroid dienone is 1. The Balaban J connectivity index is 1.28. The van der Waals surface area contributed by atoms with E-state index in [0.717, 1.165) is 41.0 Å². The van der Waals surface area contributed by atoms with Gasteiger partial charge in [-0.05, 0) is 85.2 Å². The highest BCUT2D eigenvalue weighted by molar-refractivity contribution is 8.12. The smallest absolute Gasteiger partial charge is 0.407 e. The molecule has 4 amide bonds. The molecular formula is C40H52N6O5S2. The molecule has 11 nitrogen and oxygen atoms in total. The molecule has 1 aromatic heterocycles. The molecule has 0 bridgehead atoms. The lowest BCUT2D eigenvalue weighted by Gasteiger charge is -2.35. The second-order valence-electron chi connectivity index (χ2n) is 14.3. The van der Waals surface area contributed by atoms with Crippen LogP contribution in [0.3, 0.4) is 0 Å². The first kappa shape index (κ1) is 40.0. The number of aliphatic hydroxyl groups is 1. The Labute approximate surface area is 321 Å². The SMILES string of the molecule is CC(C)[C@H](NC(=O)N(C)CC1(C2=CCCCC2)CSC=N1)C(=O)N[C@@H](Cc1ccccc1)C[C@H](O)[C@H](Cc1ccccc1)NC(=O)OCc1ccns1. The predicted octanol–water partition coefficient (Wildman–Crippen LogP) is 6.14. The van der Waals surface area contributed by atoms with Crippen molar-refractivity contribution in [2.45, 2.75) is 95.2 Å². The van der Waals surface area contributed by atoms with Gasteiger partial charge in [-0.2, -0.15) is 0 Å². The molecule has 0 fully saturated rings. The van der Waals surface area contributed by atoms with E-state index in [4.69, 9.17) is 9.73 Å². The Morgan fingerprint density at radius 3 is 2.28 bits per heavy atom. The van der Waals surface area contributed by atoms with E-state index in [1.165, 1.54) is 23.5 Å². The van der Waals surface area contributed by atoms with Gasteiger partial charge in [-0.1, -0.05) is 80.6 Å². The fraction of sp³-hybridized carbons (Fsp3) is 0.475. The number of hydrogen-bond acceptors (Lipinski definition) is 9. The van der Waals surface area contributed by atoms with Crippen LogP contribution in [0.2, 0.25) is 0 Å². The number of aliphatic hydroxyl groups excluding tert-OH is 1. The number of alkyl carbamates (subject to hydrolysis) is 1. The van der Waals surface area contributed by atoms with Gasteiger partial charge in [0.2, 0.25) is 5.91 Å². The molecule has 2 aromatic carbocycles. The second-order valence-corrected chi connectivity index (χ2v) is 16.0. The average Bonchev–Trinajstić information content (AvgIpc) is 3.87. The number of aromatic nitrogens is 1. The molecule has 1 unspecified atom stereocenters. The summed E-state index contributed by atoms with van der Waals surface area (Å²) in [5.74, 6) is 0.231. The normalized spacial score (nSPS) is 19.1. The number of thioether (sulfide) groups is 1. The first-order chi connectivity index (χ1) is 25.6. The fourth-order valence-electron chi connectivity index (χ4n) is 6.85. The molecule has 1 aliphatic carbocycles. The number of rotatable bonds is 17. The highest BCUT2D eigenvalue weighted by Crippen LogP contribution is 2.37. The van der Waals surface area contributed by atoms with E-state index in [0.29, 0.717) is 19.4 Å². The third kappa shape index (κ3) is 11.9. The number of nitrogens with one attached hydrogen (secondary N) is 3. The molecule has 5 rings (SSSR count). The lowest BCUT2D eigenvalue weighted by Crippen LogP contribution is -2.57. The van der Waals surface area contributed by atoms with E-state index < -0.39 is 35.9 Å². The van der Waals surface area contributed by atoms with Gasteiger partial charge in [0.1, 0.15) is 18.2 Å². The van der Waals surface area contributed by atoms with E-state index in [1.54, 1.807) is 36.0 Å². The number of hydrogen-bond donors (Lipinski definition) is 4. The molecule has 5 atom stereocenters. The Hall–Kier alpha value is -4.20. The van der Waals surface area contributed by atoms with Gasteiger partial charge in [0.05, 0.1) is 29.1 Å². The number of benzene rings is 2. The summed E-state index contributed by atoms with van der Waals surface area (Å²) >= 11 is 2.91. The van der Waals surface area contributed by atoms with Crippen LogP contribution in [0.4, 0.5) is 9.59 Å². The van der Waals surface area contributed by atoms with Crippen molar-refractivity contribution in [3.05, 3.63) is 101 Å². The molecule has 3 aromatic rings. The summed E-state index contributed by atoms with van der Waals surface area (Å²) in [6, 6.07) is 18.7. The first-order valence-electron chi connectivity index (χ1n) is 18.4. The van der Waals surface area contributed by atoms with Gasteiger partial charge in [-0.15, -0.1) is 11.8 Å². The minimum atomic E-state index is -1.05. The molecule has 2 aliphatic rings. The molecular weight excluding hydrogens is 709 g/mol. The Morgan fingerprint density at radius 1 is 0.962 bits per heavy atom. The van der Waals surface area contributed by atoms with Gasteiger partial charge in [-0.25, -0.2) is 14.0 Å². The van der Waals surface area contributed by atoms with Crippen molar-refractivity contribution >= 4 is 46.9 Å². The van der Waals surface area contributed by atoms with Crippen LogP contribution >= 0.6 is 23.3 Å². The van der Waals surface area contributed by atoms with E-state index in [2.05, 4.69) is 26.4 Å². The second kappa shape index (κ2) is 19.8. The maximum atomic E-state index is 14.1. The zero-order valence-electron chi connectivity index (χ0n) is 30.8. The van der Waals surface area contributed by atoms with Crippen LogP contribution in [0.25, 0.3) is 0 Å². The number of carbonyl (C=O) groups excluding carboxylic acids is 3. The van der Waals surface area contributed by atoms with Crippen molar-refractivity contribution in [2.75, 3.05) is 19.3 Å². The zero-order valence-corrected chi connectivity index (χ0v) is 32.4. The maximum Gasteiger partial charge on any atom is 0.407 e. The van der Waals surface area contributed by atoms with Gasteiger partial charge in [0.15, 0.2) is 0 Å². The minimum Gasteiger partial charge on any atom is -0.444 e. The summed E-state index contributed by atoms with van der Waals surface area (Å²) in [7, 11) is 1.75. The van der Waals surface area contributed by atoms with Crippen molar-refractivity contribution in [1.29, 1.82) is 0 Å². The quantitative estimate of drug-likeness (QED) is 0.121. The topological polar surface area (TPSA) is 145 Å². The van der Waals surface area contributed by atoms with Crippen LogP contribution in [0.15, 0.2) is 89.6 Å². The molecule has 53 heavy (non-hydrogen) atoms. The summed E-state index contributed by atoms with van der Waals surface area (Å²) in [6.07, 6.45) is 7.46. The van der Waals surface area contributed by atoms with Crippen LogP contribution in [0.5, 0.6) is 0 Å². The fourth-order valence-corrected chi connectivity index (χ4v) is 8.32. The summed E-state index contributed by atoms with van der Waals surface area (Å²) in [4.78, 5) is 48.0. The monoisotopic (exact) mass is 760 g/mol. The van der Waals surface area contributed by atoms with Crippen molar-refractivity contribution in [3.63, 3.8) is 0 Å². The van der Waals surface area contributed by atoms with Crippen LogP contribution in [0, 0.1) is 5.92 Å². The highest BCUT2D eigenvalue weighted by Gasteiger charge is 2.39. The molecule has 284 valence electrons. The number of carbonyl (C=O) groups is 3. The third-order valence-corrected chi connectivity index (χ3v) is 11.4. The minimum absolute atomic E-state index is 0.0693. The number of ether oxygens (including phenoxy) is 1. The Kier molecular flexibility index (Phi) is 14.9. The Bertz CT molecular complexity index is 1670. The van der Waals surface area contributed by atoms with Gasteiger partial charge in [0, 0.05) is 25.0 Å².